The predicted molar refractivity (Wildman–Crippen MR) is 75.8 cm³/mol. The summed E-state index contributed by atoms with van der Waals surface area (Å²) in [7, 11) is 1.70. The van der Waals surface area contributed by atoms with E-state index in [2.05, 4.69) is 19.1 Å². The fourth-order valence-electron chi connectivity index (χ4n) is 3.15. The summed E-state index contributed by atoms with van der Waals surface area (Å²) in [6.45, 7) is 2.35. The van der Waals surface area contributed by atoms with E-state index in [-0.39, 0.29) is 0 Å². The first-order chi connectivity index (χ1) is 8.70. The molecule has 0 heterocycles. The molecule has 1 aliphatic carbocycles. The van der Waals surface area contributed by atoms with Gasteiger partial charge in [-0.2, -0.15) is 0 Å². The Balaban J connectivity index is 1.83. The highest BCUT2D eigenvalue weighted by molar-refractivity contribution is 5.27. The Bertz CT molecular complexity index is 360. The van der Waals surface area contributed by atoms with Gasteiger partial charge in [0.15, 0.2) is 0 Å². The highest BCUT2D eigenvalue weighted by atomic mass is 16.5. The fourth-order valence-corrected chi connectivity index (χ4v) is 3.15. The summed E-state index contributed by atoms with van der Waals surface area (Å²) in [6, 6.07) is 8.70. The molecule has 0 aliphatic heterocycles. The Morgan fingerprint density at radius 3 is 2.56 bits per heavy atom. The number of nitrogens with two attached hydrogens (primary N) is 1. The predicted octanol–water partition coefficient (Wildman–Crippen LogP) is 3.39. The first-order valence-electron chi connectivity index (χ1n) is 7.09. The Hall–Kier alpha value is -1.02. The van der Waals surface area contributed by atoms with E-state index in [4.69, 9.17) is 10.5 Å². The van der Waals surface area contributed by atoms with Gasteiger partial charge < -0.3 is 10.5 Å². The Kier molecular flexibility index (Phi) is 4.65. The van der Waals surface area contributed by atoms with Gasteiger partial charge in [-0.05, 0) is 48.8 Å². The smallest absolute Gasteiger partial charge is 0.118 e. The number of ether oxygens (including phenoxy) is 1. The molecule has 0 bridgehead atoms. The molecular formula is C16H25NO. The average molecular weight is 247 g/mol. The lowest BCUT2D eigenvalue weighted by molar-refractivity contribution is 0.332. The van der Waals surface area contributed by atoms with Crippen molar-refractivity contribution >= 4 is 0 Å². The van der Waals surface area contributed by atoms with E-state index in [0.29, 0.717) is 6.04 Å². The maximum absolute atomic E-state index is 6.35. The summed E-state index contributed by atoms with van der Waals surface area (Å²) in [5.41, 5.74) is 7.71. The molecule has 0 aromatic heterocycles. The fraction of sp³-hybridized carbons (Fsp3) is 0.625. The van der Waals surface area contributed by atoms with Crippen molar-refractivity contribution in [1.82, 2.24) is 0 Å². The van der Waals surface area contributed by atoms with Crippen LogP contribution in [0.1, 0.15) is 38.2 Å². The molecule has 2 nitrogen and oxygen atoms in total. The molecule has 18 heavy (non-hydrogen) atoms. The number of methoxy groups -OCH3 is 1. The van der Waals surface area contributed by atoms with Crippen molar-refractivity contribution in [3.05, 3.63) is 29.8 Å². The molecule has 1 fully saturated rings. The van der Waals surface area contributed by atoms with Crippen molar-refractivity contribution in [2.24, 2.45) is 17.6 Å². The van der Waals surface area contributed by atoms with Crippen LogP contribution >= 0.6 is 0 Å². The molecule has 2 heteroatoms. The van der Waals surface area contributed by atoms with Gasteiger partial charge >= 0.3 is 0 Å². The van der Waals surface area contributed by atoms with Crippen LogP contribution in [-0.4, -0.2) is 13.2 Å². The minimum atomic E-state index is 0.365. The van der Waals surface area contributed by atoms with E-state index in [9.17, 15) is 0 Å². The van der Waals surface area contributed by atoms with Crippen LogP contribution in [0, 0.1) is 11.8 Å². The van der Waals surface area contributed by atoms with Crippen molar-refractivity contribution < 1.29 is 4.74 Å². The molecule has 2 rings (SSSR count). The Labute approximate surface area is 111 Å². The summed E-state index contributed by atoms with van der Waals surface area (Å²) in [4.78, 5) is 0. The summed E-state index contributed by atoms with van der Waals surface area (Å²) < 4.78 is 5.17. The zero-order valence-electron chi connectivity index (χ0n) is 11.6. The van der Waals surface area contributed by atoms with Crippen LogP contribution in [0.2, 0.25) is 0 Å². The minimum absolute atomic E-state index is 0.365. The van der Waals surface area contributed by atoms with Gasteiger partial charge in [0.05, 0.1) is 7.11 Å². The average Bonchev–Trinajstić information content (AvgIpc) is 2.83. The topological polar surface area (TPSA) is 35.2 Å². The largest absolute Gasteiger partial charge is 0.497 e. The zero-order chi connectivity index (χ0) is 13.0. The van der Waals surface area contributed by atoms with Crippen LogP contribution in [-0.2, 0) is 6.42 Å². The molecule has 1 saturated carbocycles. The first kappa shape index (κ1) is 13.4. The molecule has 3 atom stereocenters. The highest BCUT2D eigenvalue weighted by Gasteiger charge is 2.28. The van der Waals surface area contributed by atoms with E-state index in [0.717, 1.165) is 30.4 Å². The van der Waals surface area contributed by atoms with Gasteiger partial charge in [0.25, 0.3) is 0 Å². The van der Waals surface area contributed by atoms with Crippen LogP contribution < -0.4 is 10.5 Å². The number of rotatable bonds is 5. The molecule has 1 aromatic carbocycles. The van der Waals surface area contributed by atoms with Crippen molar-refractivity contribution in [1.29, 1.82) is 0 Å². The van der Waals surface area contributed by atoms with Crippen molar-refractivity contribution in [2.45, 2.75) is 45.1 Å². The maximum Gasteiger partial charge on any atom is 0.118 e. The second-order valence-electron chi connectivity index (χ2n) is 5.62. The summed E-state index contributed by atoms with van der Waals surface area (Å²) in [5.74, 6) is 2.48. The second-order valence-corrected chi connectivity index (χ2v) is 5.62. The van der Waals surface area contributed by atoms with E-state index in [1.165, 1.54) is 24.8 Å². The van der Waals surface area contributed by atoms with Gasteiger partial charge in [0, 0.05) is 6.04 Å². The summed E-state index contributed by atoms with van der Waals surface area (Å²) >= 11 is 0. The van der Waals surface area contributed by atoms with Gasteiger partial charge in [-0.1, -0.05) is 31.9 Å². The lowest BCUT2D eigenvalue weighted by Crippen LogP contribution is -2.32. The molecule has 3 unspecified atom stereocenters. The molecule has 0 saturated heterocycles. The Morgan fingerprint density at radius 1 is 1.28 bits per heavy atom. The lowest BCUT2D eigenvalue weighted by Gasteiger charge is -2.23. The third-order valence-corrected chi connectivity index (χ3v) is 4.40. The van der Waals surface area contributed by atoms with Crippen molar-refractivity contribution in [3.63, 3.8) is 0 Å². The zero-order valence-corrected chi connectivity index (χ0v) is 11.6. The van der Waals surface area contributed by atoms with Crippen molar-refractivity contribution in [2.75, 3.05) is 7.11 Å². The molecule has 1 aromatic rings. The third-order valence-electron chi connectivity index (χ3n) is 4.40. The van der Waals surface area contributed by atoms with Crippen LogP contribution in [0.3, 0.4) is 0 Å². The van der Waals surface area contributed by atoms with Crippen LogP contribution in [0.25, 0.3) is 0 Å². The van der Waals surface area contributed by atoms with Gasteiger partial charge in [0.2, 0.25) is 0 Å². The molecule has 2 N–H and O–H groups in total. The summed E-state index contributed by atoms with van der Waals surface area (Å²) in [6.07, 6.45) is 6.23. The van der Waals surface area contributed by atoms with Gasteiger partial charge in [-0.15, -0.1) is 0 Å². The monoisotopic (exact) mass is 247 g/mol. The third kappa shape index (κ3) is 3.26. The number of aryl methyl sites for hydroxylation is 1. The molecule has 0 radical (unpaired) electrons. The molecule has 100 valence electrons. The summed E-state index contributed by atoms with van der Waals surface area (Å²) in [5, 5.41) is 0. The van der Waals surface area contributed by atoms with E-state index >= 15 is 0 Å². The van der Waals surface area contributed by atoms with Crippen LogP contribution in [0.5, 0.6) is 5.75 Å². The molecular weight excluding hydrogens is 222 g/mol. The maximum atomic E-state index is 6.35. The van der Waals surface area contributed by atoms with Gasteiger partial charge in [-0.3, -0.25) is 0 Å². The van der Waals surface area contributed by atoms with Gasteiger partial charge in [-0.25, -0.2) is 0 Å². The second kappa shape index (κ2) is 6.24. The molecule has 1 aliphatic rings. The Morgan fingerprint density at radius 2 is 2.00 bits per heavy atom. The van der Waals surface area contributed by atoms with Crippen LogP contribution in [0.15, 0.2) is 24.3 Å². The lowest BCUT2D eigenvalue weighted by atomic mass is 9.87. The molecule has 0 amide bonds. The molecule has 0 spiro atoms. The first-order valence-corrected chi connectivity index (χ1v) is 7.09. The SMILES string of the molecule is COc1ccc(CCC(N)C2CCCC2C)cc1. The van der Waals surface area contributed by atoms with Crippen molar-refractivity contribution in [3.8, 4) is 5.75 Å². The minimum Gasteiger partial charge on any atom is -0.497 e. The normalized spacial score (nSPS) is 25.1. The highest BCUT2D eigenvalue weighted by Crippen LogP contribution is 2.34. The standard InChI is InChI=1S/C16H25NO/c1-12-4-3-5-15(12)16(17)11-8-13-6-9-14(18-2)10-7-13/h6-7,9-10,12,15-16H,3-5,8,11,17H2,1-2H3. The van der Waals surface area contributed by atoms with E-state index < -0.39 is 0 Å². The van der Waals surface area contributed by atoms with E-state index in [1.54, 1.807) is 7.11 Å². The number of hydrogen-bond donors (Lipinski definition) is 1. The van der Waals surface area contributed by atoms with E-state index in [1.807, 2.05) is 12.1 Å². The number of benzene rings is 1. The van der Waals surface area contributed by atoms with Gasteiger partial charge in [0.1, 0.15) is 5.75 Å². The van der Waals surface area contributed by atoms with Crippen LogP contribution in [0.4, 0.5) is 0 Å². The quantitative estimate of drug-likeness (QED) is 0.865. The number of hydrogen-bond acceptors (Lipinski definition) is 2.